The Kier molecular flexibility index (Phi) is 25.4. The number of fused-ring (bicyclic) bond motifs is 5. The minimum atomic E-state index is -0.278. The van der Waals surface area contributed by atoms with Gasteiger partial charge in [0, 0.05) is 159 Å². The van der Waals surface area contributed by atoms with Crippen LogP contribution in [0.2, 0.25) is 0 Å². The normalized spacial score (nSPS) is 15.4. The van der Waals surface area contributed by atoms with Crippen LogP contribution in [0, 0.1) is 62.6 Å². The lowest BCUT2D eigenvalue weighted by molar-refractivity contribution is 0.460. The minimum Gasteiger partial charge on any atom is -0.286 e. The molecule has 1 atom stereocenters. The van der Waals surface area contributed by atoms with E-state index in [1.165, 1.54) is 16.6 Å². The first-order valence-corrected chi connectivity index (χ1v) is 43.2. The van der Waals surface area contributed by atoms with Crippen molar-refractivity contribution in [3.63, 3.8) is 0 Å². The number of rotatable bonds is 6. The lowest BCUT2D eigenvalue weighted by atomic mass is 9.90. The molecule has 1 aliphatic carbocycles. The molecule has 0 N–H and O–H groups in total. The Hall–Kier alpha value is -10.2. The molecule has 15 heterocycles. The van der Waals surface area contributed by atoms with Crippen molar-refractivity contribution in [1.82, 2.24) is 77.7 Å². The van der Waals surface area contributed by atoms with E-state index in [-0.39, 0.29) is 77.3 Å². The maximum atomic E-state index is 12.7. The summed E-state index contributed by atoms with van der Waals surface area (Å²) in [7, 11) is 0. The Balaban J connectivity index is 0.000000132. The zero-order valence-electron chi connectivity index (χ0n) is 65.8. The molecule has 16 rings (SSSR count). The van der Waals surface area contributed by atoms with E-state index in [4.69, 9.17) is 0 Å². The van der Waals surface area contributed by atoms with Gasteiger partial charge in [0.05, 0.1) is 27.7 Å². The first kappa shape index (κ1) is 83.2. The second kappa shape index (κ2) is 34.8. The van der Waals surface area contributed by atoms with Gasteiger partial charge in [-0.15, -0.1) is 11.3 Å². The van der Waals surface area contributed by atoms with Crippen molar-refractivity contribution in [2.75, 3.05) is 28.8 Å². The molecule has 1 saturated carbocycles. The molecule has 0 saturated heterocycles. The second-order valence-electron chi connectivity index (χ2n) is 32.0. The first-order valence-electron chi connectivity index (χ1n) is 37.4. The van der Waals surface area contributed by atoms with Gasteiger partial charge in [0.15, 0.2) is 25.8 Å². The summed E-state index contributed by atoms with van der Waals surface area (Å²) in [5.41, 5.74) is 5.78. The van der Waals surface area contributed by atoms with Gasteiger partial charge >= 0.3 is 0 Å². The highest BCUT2D eigenvalue weighted by atomic mass is 32.2. The molecule has 114 heavy (non-hydrogen) atoms. The van der Waals surface area contributed by atoms with Crippen LogP contribution in [-0.4, -0.2) is 106 Å². The van der Waals surface area contributed by atoms with Gasteiger partial charge in [-0.1, -0.05) is 149 Å². The molecule has 26 nitrogen and oxygen atoms in total. The fraction of sp³-hybridized carbons (Fsp3) is 0.427. The molecular formula is C82H85N21O5S6. The average Bonchev–Trinajstić information content (AvgIpc) is 0.869. The van der Waals surface area contributed by atoms with Gasteiger partial charge in [0.2, 0.25) is 0 Å². The molecule has 10 aromatic heterocycles. The van der Waals surface area contributed by atoms with Crippen LogP contribution in [-0.2, 0) is 54.4 Å². The van der Waals surface area contributed by atoms with Crippen LogP contribution in [0.3, 0.4) is 0 Å². The van der Waals surface area contributed by atoms with Crippen molar-refractivity contribution in [2.24, 2.45) is 5.92 Å². The quantitative estimate of drug-likeness (QED) is 0.140. The third-order valence-corrected chi connectivity index (χ3v) is 26.0. The Morgan fingerprint density at radius 1 is 0.395 bits per heavy atom. The summed E-state index contributed by atoms with van der Waals surface area (Å²) >= 11 is 9.43. The van der Waals surface area contributed by atoms with Crippen molar-refractivity contribution in [2.45, 2.75) is 215 Å². The van der Waals surface area contributed by atoms with Crippen LogP contribution in [0.4, 0.5) is 0 Å². The zero-order chi connectivity index (χ0) is 81.7. The molecule has 0 spiro atoms. The van der Waals surface area contributed by atoms with Gasteiger partial charge < -0.3 is 0 Å². The monoisotopic (exact) mass is 1640 g/mol. The summed E-state index contributed by atoms with van der Waals surface area (Å²) < 4.78 is 8.05. The maximum Gasteiger partial charge on any atom is 0.272 e. The summed E-state index contributed by atoms with van der Waals surface area (Å²) in [5.74, 6) is 7.13. The van der Waals surface area contributed by atoms with Gasteiger partial charge in [-0.05, 0) is 86.3 Å². The van der Waals surface area contributed by atoms with E-state index >= 15 is 0 Å². The van der Waals surface area contributed by atoms with Crippen molar-refractivity contribution in [3.05, 3.63) is 181 Å². The molecule has 584 valence electrons. The minimum absolute atomic E-state index is 0.0493. The average molecular weight is 1640 g/mol. The Morgan fingerprint density at radius 2 is 0.781 bits per heavy atom. The van der Waals surface area contributed by atoms with E-state index in [1.54, 1.807) is 118 Å². The second-order valence-corrected chi connectivity index (χ2v) is 38.4. The number of nitriles is 5. The van der Waals surface area contributed by atoms with Gasteiger partial charge in [0.25, 0.3) is 27.8 Å². The number of hydrogen-bond acceptors (Lipinski definition) is 27. The highest BCUT2D eigenvalue weighted by molar-refractivity contribution is 8.00. The molecular weight excluding hydrogens is 1550 g/mol. The largest absolute Gasteiger partial charge is 0.286 e. The first-order chi connectivity index (χ1) is 54.3. The molecule has 32 heteroatoms. The molecule has 0 radical (unpaired) electrons. The lowest BCUT2D eigenvalue weighted by Crippen LogP contribution is -2.32. The fourth-order valence-corrected chi connectivity index (χ4v) is 18.3. The van der Waals surface area contributed by atoms with Crippen LogP contribution >= 0.6 is 70.1 Å². The summed E-state index contributed by atoms with van der Waals surface area (Å²) in [5, 5.41) is 50.6. The van der Waals surface area contributed by atoms with Crippen LogP contribution < -0.4 is 27.8 Å². The number of thiophene rings is 1. The number of hydrogen-bond donors (Lipinski definition) is 0. The van der Waals surface area contributed by atoms with Crippen molar-refractivity contribution < 1.29 is 0 Å². The van der Waals surface area contributed by atoms with Crippen molar-refractivity contribution >= 4 is 70.1 Å². The third kappa shape index (κ3) is 18.4. The van der Waals surface area contributed by atoms with Crippen LogP contribution in [0.1, 0.15) is 190 Å². The highest BCUT2D eigenvalue weighted by Gasteiger charge is 2.31. The molecule has 0 amide bonds. The number of pyridine rings is 2. The zero-order valence-corrected chi connectivity index (χ0v) is 70.7. The molecule has 10 aromatic rings. The molecule has 1 unspecified atom stereocenters. The number of thioether (sulfide) groups is 5. The molecule has 0 bridgehead atoms. The topological polar surface area (TPSA) is 371 Å². The fourth-order valence-electron chi connectivity index (χ4n) is 12.5. The smallest absolute Gasteiger partial charge is 0.272 e. The summed E-state index contributed by atoms with van der Waals surface area (Å²) in [6.45, 7) is 30.3. The van der Waals surface area contributed by atoms with Crippen LogP contribution in [0.15, 0.2) is 123 Å². The molecule has 6 aliphatic rings. The van der Waals surface area contributed by atoms with E-state index in [1.807, 2.05) is 75.4 Å². The number of nitrogens with zero attached hydrogens (tertiary/aromatic N) is 21. The van der Waals surface area contributed by atoms with Gasteiger partial charge in [0.1, 0.15) is 75.5 Å². The van der Waals surface area contributed by atoms with Gasteiger partial charge in [-0.2, -0.15) is 26.3 Å². The van der Waals surface area contributed by atoms with Crippen LogP contribution in [0.25, 0.3) is 55.6 Å². The van der Waals surface area contributed by atoms with Crippen LogP contribution in [0.5, 0.6) is 0 Å². The summed E-state index contributed by atoms with van der Waals surface area (Å²) in [6.07, 6.45) is 16.0. The van der Waals surface area contributed by atoms with E-state index in [0.29, 0.717) is 116 Å². The highest BCUT2D eigenvalue weighted by Crippen LogP contribution is 2.40. The Bertz CT molecular complexity index is 5900. The van der Waals surface area contributed by atoms with E-state index in [2.05, 4.69) is 136 Å². The van der Waals surface area contributed by atoms with Crippen molar-refractivity contribution in [3.8, 4) is 85.9 Å². The van der Waals surface area contributed by atoms with Gasteiger partial charge in [-0.25, -0.2) is 44.9 Å². The SMILES string of the molecule is CC(C)(C)c1cc(-c2nc3n(c(=O)c2C#N)CCCS3)ccn1.CC(C)(C)c1ccc(-c2nc3n(c(=O)c2C#N)CCCS3)s1.CC(C)(C)c1ncc(-c2nc3n(c(=O)c2C#N)CCCS3)cn1.CC1CSc2nc(-c3ccc(C(C)(C)C)nc3)c(C#N)c(=O)n2C1.N#Cc1c(-c2cnc(C3CC3)nc2)nc2n(c1=O)CCCS2. The van der Waals surface area contributed by atoms with E-state index in [0.717, 1.165) is 100 Å². The predicted octanol–water partition coefficient (Wildman–Crippen LogP) is 14.1. The lowest BCUT2D eigenvalue weighted by Gasteiger charge is -2.23. The molecule has 0 aromatic carbocycles. The Labute approximate surface area is 685 Å². The molecule has 1 fully saturated rings. The third-order valence-electron chi connectivity index (χ3n) is 18.9. The summed E-state index contributed by atoms with van der Waals surface area (Å²) in [4.78, 5) is 114. The molecule has 5 aliphatic heterocycles. The van der Waals surface area contributed by atoms with E-state index in [9.17, 15) is 50.3 Å². The Morgan fingerprint density at radius 3 is 1.17 bits per heavy atom. The number of aromatic nitrogens is 16. The van der Waals surface area contributed by atoms with E-state index < -0.39 is 0 Å². The van der Waals surface area contributed by atoms with Crippen molar-refractivity contribution in [1.29, 1.82) is 26.3 Å². The standard InChI is InChI=1S/C18H20N4OS.C17H18N4OS.C16H17N5OS.C16H17N3OS2.C15H13N5OS/c1-11-9-22-16(23)13(7-19)15(21-17(22)24-10-11)12-5-6-14(20-8-12)18(2,3)4;1-17(2,3)13-9-11(5-6-19-13)14-12(10-18)15(22)21-7-4-8-23-16(21)20-14;1-16(2,3)14-18-8-10(9-19-14)12-11(7-17)13(22)21-5-4-6-23-15(21)20-12;1-16(2,3)12-6-5-11(22-12)13-10(9-17)14(20)19-7-4-8-21-15(19)18-13;16-6-11-12(10-7-17-13(18-8-10)9-2-3-9)19-15-20(14(11)21)4-1-5-22-15/h5-6,8,11H,9-10H2,1-4H3;5-6,9H,4,7-8H2,1-3H3;8-9H,4-6H2,1-3H3;5-6H,4,7-8H2,1-3H3;7-9H,1-5H2. The summed E-state index contributed by atoms with van der Waals surface area (Å²) in [6, 6.07) is 21.7. The van der Waals surface area contributed by atoms with Gasteiger partial charge in [-0.3, -0.25) is 56.8 Å². The maximum absolute atomic E-state index is 12.7. The predicted molar refractivity (Wildman–Crippen MR) is 446 cm³/mol.